The lowest BCUT2D eigenvalue weighted by molar-refractivity contribution is 0.105. The fraction of sp³-hybridized carbons (Fsp3) is 0. The minimum absolute atomic E-state index is 0.0343. The van der Waals surface area contributed by atoms with Gasteiger partial charge in [-0.05, 0) is 17.7 Å². The molecule has 0 saturated heterocycles. The van der Waals surface area contributed by atoms with E-state index < -0.39 is 0 Å². The summed E-state index contributed by atoms with van der Waals surface area (Å²) in [6.07, 6.45) is 0. The predicted octanol–water partition coefficient (Wildman–Crippen LogP) is 4.35. The summed E-state index contributed by atoms with van der Waals surface area (Å²) in [7, 11) is 0. The monoisotopic (exact) mass is 286 g/mol. The number of carbonyl (C=O) groups is 1. The van der Waals surface area contributed by atoms with Crippen molar-refractivity contribution in [2.45, 2.75) is 0 Å². The fourth-order valence-electron chi connectivity index (χ4n) is 1.55. The van der Waals surface area contributed by atoms with Crippen LogP contribution in [-0.2, 0) is 0 Å². The molecule has 0 aliphatic carbocycles. The fourth-order valence-corrected chi connectivity index (χ4v) is 1.81. The Morgan fingerprint density at radius 1 is 0.882 bits per heavy atom. The maximum Gasteiger partial charge on any atom is 0.193 e. The first-order valence-corrected chi connectivity index (χ1v) is 6.02. The second-order valence-corrected chi connectivity index (χ2v) is 4.60. The van der Waals surface area contributed by atoms with Crippen LogP contribution in [0.2, 0.25) is 0 Å². The highest BCUT2D eigenvalue weighted by molar-refractivity contribution is 9.10. The molecule has 0 heterocycles. The van der Waals surface area contributed by atoms with Gasteiger partial charge >= 0.3 is 0 Å². The maximum atomic E-state index is 12.1. The van der Waals surface area contributed by atoms with Crippen LogP contribution in [0.3, 0.4) is 0 Å². The molecule has 0 aliphatic heterocycles. The van der Waals surface area contributed by atoms with E-state index in [0.717, 1.165) is 10.0 Å². The molecule has 0 bridgehead atoms. The summed E-state index contributed by atoms with van der Waals surface area (Å²) in [5, 5.41) is 0. The van der Waals surface area contributed by atoms with Gasteiger partial charge in [0.15, 0.2) is 5.78 Å². The van der Waals surface area contributed by atoms with E-state index in [1.54, 1.807) is 12.1 Å². The molecule has 2 aromatic carbocycles. The Kier molecular flexibility index (Phi) is 3.55. The zero-order valence-corrected chi connectivity index (χ0v) is 10.8. The van der Waals surface area contributed by atoms with Crippen LogP contribution < -0.4 is 0 Å². The number of hydrogen-bond acceptors (Lipinski definition) is 1. The van der Waals surface area contributed by atoms with E-state index in [2.05, 4.69) is 22.5 Å². The van der Waals surface area contributed by atoms with Gasteiger partial charge in [0.1, 0.15) is 0 Å². The Morgan fingerprint density at radius 3 is 2.06 bits per heavy atom. The van der Waals surface area contributed by atoms with Gasteiger partial charge in [-0.3, -0.25) is 4.79 Å². The average Bonchev–Trinajstić information content (AvgIpc) is 2.39. The van der Waals surface area contributed by atoms with Gasteiger partial charge in [-0.2, -0.15) is 0 Å². The van der Waals surface area contributed by atoms with Crippen molar-refractivity contribution < 1.29 is 4.79 Å². The molecule has 84 valence electrons. The SMILES string of the molecule is C=C(C(=O)c1ccccc1)c1ccc(Br)cc1. The molecule has 0 aromatic heterocycles. The molecule has 2 heteroatoms. The molecular weight excluding hydrogens is 276 g/mol. The Morgan fingerprint density at radius 2 is 1.47 bits per heavy atom. The van der Waals surface area contributed by atoms with Gasteiger partial charge in [0.05, 0.1) is 0 Å². The molecule has 0 N–H and O–H groups in total. The third-order valence-electron chi connectivity index (χ3n) is 2.50. The highest BCUT2D eigenvalue weighted by Gasteiger charge is 2.11. The van der Waals surface area contributed by atoms with Crippen molar-refractivity contribution in [3.8, 4) is 0 Å². The second kappa shape index (κ2) is 5.11. The summed E-state index contributed by atoms with van der Waals surface area (Å²) in [4.78, 5) is 12.1. The Balaban J connectivity index is 2.27. The minimum atomic E-state index is -0.0343. The van der Waals surface area contributed by atoms with Crippen LogP contribution in [0.25, 0.3) is 5.57 Å². The predicted molar refractivity (Wildman–Crippen MR) is 73.9 cm³/mol. The first-order chi connectivity index (χ1) is 8.18. The number of halogens is 1. The number of carbonyl (C=O) groups excluding carboxylic acids is 1. The van der Waals surface area contributed by atoms with Crippen LogP contribution in [-0.4, -0.2) is 5.78 Å². The maximum absolute atomic E-state index is 12.1. The average molecular weight is 287 g/mol. The molecule has 17 heavy (non-hydrogen) atoms. The lowest BCUT2D eigenvalue weighted by Crippen LogP contribution is -2.01. The summed E-state index contributed by atoms with van der Waals surface area (Å²) in [5.41, 5.74) is 2.03. The lowest BCUT2D eigenvalue weighted by atomic mass is 9.98. The standard InChI is InChI=1S/C15H11BrO/c1-11(12-7-9-14(16)10-8-12)15(17)13-5-3-2-4-6-13/h2-10H,1H2. The molecule has 0 atom stereocenters. The molecule has 0 radical (unpaired) electrons. The number of Topliss-reactive ketones (excluding diaryl/α,β-unsaturated/α-hetero) is 1. The summed E-state index contributed by atoms with van der Waals surface area (Å²) in [6.45, 7) is 3.87. The van der Waals surface area contributed by atoms with E-state index in [4.69, 9.17) is 0 Å². The Bertz CT molecular complexity index is 541. The van der Waals surface area contributed by atoms with Crippen molar-refractivity contribution in [1.82, 2.24) is 0 Å². The quantitative estimate of drug-likeness (QED) is 0.606. The van der Waals surface area contributed by atoms with E-state index in [1.165, 1.54) is 0 Å². The topological polar surface area (TPSA) is 17.1 Å². The number of ketones is 1. The van der Waals surface area contributed by atoms with Crippen molar-refractivity contribution in [2.24, 2.45) is 0 Å². The zero-order valence-electron chi connectivity index (χ0n) is 9.19. The Hall–Kier alpha value is -1.67. The van der Waals surface area contributed by atoms with Crippen LogP contribution in [0.4, 0.5) is 0 Å². The van der Waals surface area contributed by atoms with E-state index in [0.29, 0.717) is 11.1 Å². The van der Waals surface area contributed by atoms with Gasteiger partial charge in [-0.1, -0.05) is 65.0 Å². The third-order valence-corrected chi connectivity index (χ3v) is 3.03. The lowest BCUT2D eigenvalue weighted by Gasteiger charge is -2.05. The van der Waals surface area contributed by atoms with Gasteiger partial charge in [-0.25, -0.2) is 0 Å². The zero-order chi connectivity index (χ0) is 12.3. The molecule has 2 rings (SSSR count). The molecule has 0 amide bonds. The van der Waals surface area contributed by atoms with Crippen molar-refractivity contribution in [2.75, 3.05) is 0 Å². The van der Waals surface area contributed by atoms with E-state index >= 15 is 0 Å². The Labute approximate surface area is 109 Å². The van der Waals surface area contributed by atoms with E-state index in [1.807, 2.05) is 42.5 Å². The van der Waals surface area contributed by atoms with Crippen LogP contribution in [0.1, 0.15) is 15.9 Å². The van der Waals surface area contributed by atoms with Crippen LogP contribution in [0.15, 0.2) is 65.6 Å². The molecule has 0 fully saturated rings. The summed E-state index contributed by atoms with van der Waals surface area (Å²) >= 11 is 3.36. The van der Waals surface area contributed by atoms with Crippen molar-refractivity contribution in [3.63, 3.8) is 0 Å². The first-order valence-electron chi connectivity index (χ1n) is 5.23. The molecule has 1 nitrogen and oxygen atoms in total. The highest BCUT2D eigenvalue weighted by atomic mass is 79.9. The van der Waals surface area contributed by atoms with Gasteiger partial charge < -0.3 is 0 Å². The first kappa shape index (κ1) is 11.8. The van der Waals surface area contributed by atoms with Crippen molar-refractivity contribution in [1.29, 1.82) is 0 Å². The number of rotatable bonds is 3. The largest absolute Gasteiger partial charge is 0.289 e. The van der Waals surface area contributed by atoms with E-state index in [-0.39, 0.29) is 5.78 Å². The summed E-state index contributed by atoms with van der Waals surface area (Å²) < 4.78 is 0.987. The third kappa shape index (κ3) is 2.71. The second-order valence-electron chi connectivity index (χ2n) is 3.68. The van der Waals surface area contributed by atoms with Crippen LogP contribution >= 0.6 is 15.9 Å². The van der Waals surface area contributed by atoms with Crippen molar-refractivity contribution in [3.05, 3.63) is 76.8 Å². The van der Waals surface area contributed by atoms with E-state index in [9.17, 15) is 4.79 Å². The summed E-state index contributed by atoms with van der Waals surface area (Å²) in [5.74, 6) is -0.0343. The van der Waals surface area contributed by atoms with Crippen LogP contribution in [0.5, 0.6) is 0 Å². The molecule has 0 saturated carbocycles. The number of hydrogen-bond donors (Lipinski definition) is 0. The molecule has 2 aromatic rings. The normalized spacial score (nSPS) is 9.94. The van der Waals surface area contributed by atoms with Crippen LogP contribution in [0, 0.1) is 0 Å². The van der Waals surface area contributed by atoms with Gasteiger partial charge in [0.25, 0.3) is 0 Å². The molecule has 0 aliphatic rings. The number of benzene rings is 2. The van der Waals surface area contributed by atoms with Gasteiger partial charge in [-0.15, -0.1) is 0 Å². The number of allylic oxidation sites excluding steroid dienone is 1. The van der Waals surface area contributed by atoms with Gasteiger partial charge in [0, 0.05) is 15.6 Å². The minimum Gasteiger partial charge on any atom is -0.289 e. The smallest absolute Gasteiger partial charge is 0.193 e. The summed E-state index contributed by atoms with van der Waals surface area (Å²) in [6, 6.07) is 16.8. The molecule has 0 spiro atoms. The highest BCUT2D eigenvalue weighted by Crippen LogP contribution is 2.20. The van der Waals surface area contributed by atoms with Gasteiger partial charge in [0.2, 0.25) is 0 Å². The van der Waals surface area contributed by atoms with Crippen molar-refractivity contribution >= 4 is 27.3 Å². The molecular formula is C15H11BrO. The molecule has 0 unspecified atom stereocenters.